The van der Waals surface area contributed by atoms with Gasteiger partial charge in [0.05, 0.1) is 10.5 Å². The summed E-state index contributed by atoms with van der Waals surface area (Å²) in [5.74, 6) is -0.977. The molecular formula is C17H24N2O5S. The molecule has 1 aromatic carbocycles. The van der Waals surface area contributed by atoms with Gasteiger partial charge in [0.15, 0.2) is 6.10 Å². The van der Waals surface area contributed by atoms with Gasteiger partial charge in [-0.1, -0.05) is 18.9 Å². The number of hydrogen-bond acceptors (Lipinski definition) is 5. The Kier molecular flexibility index (Phi) is 6.18. The van der Waals surface area contributed by atoms with Crippen LogP contribution in [0, 0.1) is 6.92 Å². The zero-order chi connectivity index (χ0) is 18.6. The van der Waals surface area contributed by atoms with Gasteiger partial charge in [0, 0.05) is 13.1 Å². The van der Waals surface area contributed by atoms with Crippen molar-refractivity contribution in [1.29, 1.82) is 0 Å². The summed E-state index contributed by atoms with van der Waals surface area (Å²) in [7, 11) is -3.94. The van der Waals surface area contributed by atoms with E-state index in [2.05, 4.69) is 0 Å². The number of carbonyl (C=O) groups excluding carboxylic acids is 2. The van der Waals surface area contributed by atoms with Crippen molar-refractivity contribution in [1.82, 2.24) is 4.90 Å². The number of nitrogens with two attached hydrogens (primary N) is 1. The van der Waals surface area contributed by atoms with E-state index in [-0.39, 0.29) is 16.4 Å². The van der Waals surface area contributed by atoms with Crippen LogP contribution in [0.5, 0.6) is 0 Å². The number of primary sulfonamides is 1. The van der Waals surface area contributed by atoms with Crippen LogP contribution in [0.15, 0.2) is 23.1 Å². The summed E-state index contributed by atoms with van der Waals surface area (Å²) in [5.41, 5.74) is 0.484. The second-order valence-corrected chi connectivity index (χ2v) is 7.84. The minimum atomic E-state index is -3.94. The van der Waals surface area contributed by atoms with Gasteiger partial charge in [0.1, 0.15) is 0 Å². The number of sulfonamides is 1. The number of nitrogens with zero attached hydrogens (tertiary/aromatic N) is 1. The van der Waals surface area contributed by atoms with E-state index < -0.39 is 22.1 Å². The fourth-order valence-electron chi connectivity index (χ4n) is 2.86. The molecule has 0 aliphatic carbocycles. The average Bonchev–Trinajstić information content (AvgIpc) is 2.82. The first kappa shape index (κ1) is 19.4. The molecule has 138 valence electrons. The Morgan fingerprint density at radius 3 is 2.32 bits per heavy atom. The van der Waals surface area contributed by atoms with E-state index >= 15 is 0 Å². The molecule has 1 aromatic rings. The first-order valence-corrected chi connectivity index (χ1v) is 9.88. The lowest BCUT2D eigenvalue weighted by molar-refractivity contribution is -0.139. The summed E-state index contributed by atoms with van der Waals surface area (Å²) in [6.07, 6.45) is 3.16. The van der Waals surface area contributed by atoms with Crippen LogP contribution < -0.4 is 5.14 Å². The number of esters is 1. The molecule has 1 aliphatic heterocycles. The molecule has 0 radical (unpaired) electrons. The van der Waals surface area contributed by atoms with Crippen molar-refractivity contribution < 1.29 is 22.7 Å². The molecule has 1 amide bonds. The van der Waals surface area contributed by atoms with Crippen molar-refractivity contribution in [3.63, 3.8) is 0 Å². The lowest BCUT2D eigenvalue weighted by Gasteiger charge is -2.24. The molecule has 0 aromatic heterocycles. The highest BCUT2D eigenvalue weighted by Crippen LogP contribution is 2.17. The predicted octanol–water partition coefficient (Wildman–Crippen LogP) is 1.59. The molecule has 1 saturated heterocycles. The van der Waals surface area contributed by atoms with Gasteiger partial charge in [0.25, 0.3) is 5.91 Å². The van der Waals surface area contributed by atoms with E-state index in [0.717, 1.165) is 25.7 Å². The van der Waals surface area contributed by atoms with Crippen LogP contribution in [0.2, 0.25) is 0 Å². The summed E-state index contributed by atoms with van der Waals surface area (Å²) >= 11 is 0. The summed E-state index contributed by atoms with van der Waals surface area (Å²) in [4.78, 5) is 26.3. The summed E-state index contributed by atoms with van der Waals surface area (Å²) < 4.78 is 28.4. The zero-order valence-electron chi connectivity index (χ0n) is 14.5. The minimum absolute atomic E-state index is 0.0464. The molecule has 25 heavy (non-hydrogen) atoms. The van der Waals surface area contributed by atoms with Crippen LogP contribution in [0.4, 0.5) is 0 Å². The fourth-order valence-corrected chi connectivity index (χ4v) is 3.67. The monoisotopic (exact) mass is 368 g/mol. The quantitative estimate of drug-likeness (QED) is 0.812. The summed E-state index contributed by atoms with van der Waals surface area (Å²) in [6.45, 7) is 4.45. The van der Waals surface area contributed by atoms with Crippen molar-refractivity contribution in [3.8, 4) is 0 Å². The summed E-state index contributed by atoms with van der Waals surface area (Å²) in [5, 5.41) is 5.15. The Bertz CT molecular complexity index is 752. The molecule has 7 nitrogen and oxygen atoms in total. The normalized spacial score (nSPS) is 16.8. The van der Waals surface area contributed by atoms with E-state index in [0.29, 0.717) is 18.7 Å². The van der Waals surface area contributed by atoms with Gasteiger partial charge in [-0.05, 0) is 44.4 Å². The van der Waals surface area contributed by atoms with Gasteiger partial charge in [-0.15, -0.1) is 0 Å². The Morgan fingerprint density at radius 1 is 1.16 bits per heavy atom. The average molecular weight is 368 g/mol. The maximum atomic E-state index is 12.4. The number of amides is 1. The highest BCUT2D eigenvalue weighted by molar-refractivity contribution is 7.89. The van der Waals surface area contributed by atoms with E-state index in [9.17, 15) is 18.0 Å². The van der Waals surface area contributed by atoms with E-state index in [1.54, 1.807) is 11.8 Å². The SMILES string of the molecule is Cc1ccc(C(=O)OC(C)C(=O)N2CCCCCC2)cc1S(N)(=O)=O. The molecule has 2 rings (SSSR count). The molecule has 1 heterocycles. The molecule has 1 aliphatic rings. The smallest absolute Gasteiger partial charge is 0.338 e. The highest BCUT2D eigenvalue weighted by Gasteiger charge is 2.25. The molecule has 2 N–H and O–H groups in total. The second kappa shape index (κ2) is 7.97. The van der Waals surface area contributed by atoms with Gasteiger partial charge in [-0.25, -0.2) is 18.4 Å². The van der Waals surface area contributed by atoms with E-state index in [4.69, 9.17) is 9.88 Å². The number of benzene rings is 1. The second-order valence-electron chi connectivity index (χ2n) is 6.31. The molecule has 8 heteroatoms. The third-order valence-electron chi connectivity index (χ3n) is 4.28. The Hall–Kier alpha value is -1.93. The number of rotatable bonds is 4. The van der Waals surface area contributed by atoms with Crippen molar-refractivity contribution in [3.05, 3.63) is 29.3 Å². The zero-order valence-corrected chi connectivity index (χ0v) is 15.3. The maximum Gasteiger partial charge on any atom is 0.338 e. The number of hydrogen-bond donors (Lipinski definition) is 1. The van der Waals surface area contributed by atoms with E-state index in [1.165, 1.54) is 25.1 Å². The Morgan fingerprint density at radius 2 is 1.76 bits per heavy atom. The molecule has 1 unspecified atom stereocenters. The van der Waals surface area contributed by atoms with Crippen molar-refractivity contribution in [2.75, 3.05) is 13.1 Å². The van der Waals surface area contributed by atoms with Gasteiger partial charge in [-0.3, -0.25) is 4.79 Å². The van der Waals surface area contributed by atoms with Crippen LogP contribution >= 0.6 is 0 Å². The summed E-state index contributed by atoms with van der Waals surface area (Å²) in [6, 6.07) is 4.11. The van der Waals surface area contributed by atoms with Crippen LogP contribution in [-0.4, -0.2) is 44.4 Å². The minimum Gasteiger partial charge on any atom is -0.449 e. The molecule has 0 bridgehead atoms. The number of likely N-dealkylation sites (tertiary alicyclic amines) is 1. The highest BCUT2D eigenvalue weighted by atomic mass is 32.2. The lowest BCUT2D eigenvalue weighted by Crippen LogP contribution is -2.40. The largest absolute Gasteiger partial charge is 0.449 e. The Balaban J connectivity index is 2.09. The van der Waals surface area contributed by atoms with Crippen molar-refractivity contribution in [2.24, 2.45) is 5.14 Å². The first-order chi connectivity index (χ1) is 11.7. The van der Waals surface area contributed by atoms with Gasteiger partial charge in [-0.2, -0.15) is 0 Å². The van der Waals surface area contributed by atoms with Crippen molar-refractivity contribution >= 4 is 21.9 Å². The Labute approximate surface area is 148 Å². The molecule has 1 atom stereocenters. The maximum absolute atomic E-state index is 12.4. The van der Waals surface area contributed by atoms with Crippen LogP contribution in [0.1, 0.15) is 48.5 Å². The third-order valence-corrected chi connectivity index (χ3v) is 5.33. The van der Waals surface area contributed by atoms with Crippen LogP contribution in [-0.2, 0) is 19.6 Å². The van der Waals surface area contributed by atoms with E-state index in [1.807, 2.05) is 0 Å². The lowest BCUT2D eigenvalue weighted by atomic mass is 10.1. The van der Waals surface area contributed by atoms with Crippen molar-refractivity contribution in [2.45, 2.75) is 50.5 Å². The first-order valence-electron chi connectivity index (χ1n) is 8.33. The molecule has 0 spiro atoms. The molecule has 0 saturated carbocycles. The third kappa shape index (κ3) is 5.02. The standard InChI is InChI=1S/C17H24N2O5S/c1-12-7-8-14(11-15(12)25(18,22)23)17(21)24-13(2)16(20)19-9-5-3-4-6-10-19/h7-8,11,13H,3-6,9-10H2,1-2H3,(H2,18,22,23). The predicted molar refractivity (Wildman–Crippen MR) is 92.5 cm³/mol. The topological polar surface area (TPSA) is 107 Å². The number of ether oxygens (including phenoxy) is 1. The molecule has 1 fully saturated rings. The number of aryl methyl sites for hydroxylation is 1. The van der Waals surface area contributed by atoms with Gasteiger partial charge < -0.3 is 9.64 Å². The van der Waals surface area contributed by atoms with Crippen LogP contribution in [0.3, 0.4) is 0 Å². The van der Waals surface area contributed by atoms with Gasteiger partial charge >= 0.3 is 5.97 Å². The van der Waals surface area contributed by atoms with Gasteiger partial charge in [0.2, 0.25) is 10.0 Å². The number of carbonyl (C=O) groups is 2. The van der Waals surface area contributed by atoms with Crippen LogP contribution in [0.25, 0.3) is 0 Å². The fraction of sp³-hybridized carbons (Fsp3) is 0.529. The molecular weight excluding hydrogens is 344 g/mol.